The molecule has 0 aliphatic heterocycles. The zero-order valence-corrected chi connectivity index (χ0v) is 11.3. The molecule has 0 unspecified atom stereocenters. The maximum absolute atomic E-state index is 8.39. The second kappa shape index (κ2) is 9.65. The summed E-state index contributed by atoms with van der Waals surface area (Å²) in [4.78, 5) is 0. The first-order valence-electron chi connectivity index (χ1n) is 4.26. The summed E-state index contributed by atoms with van der Waals surface area (Å²) in [6, 6.07) is 0. The number of rotatable bonds is 2. The van der Waals surface area contributed by atoms with Gasteiger partial charge in [-0.2, -0.15) is 0 Å². The highest BCUT2D eigenvalue weighted by molar-refractivity contribution is 4.19. The first-order valence-corrected chi connectivity index (χ1v) is 4.26. The molecule has 0 aromatic rings. The average Bonchev–Trinajstić information content (AvgIpc) is 1.54. The van der Waals surface area contributed by atoms with Crippen molar-refractivity contribution >= 4 is 0 Å². The lowest BCUT2D eigenvalue weighted by atomic mass is 10.5. The van der Waals surface area contributed by atoms with Crippen molar-refractivity contribution in [3.63, 3.8) is 0 Å². The Kier molecular flexibility index (Phi) is 16.3. The summed E-state index contributed by atoms with van der Waals surface area (Å²) in [5.41, 5.74) is 0. The molecule has 0 amide bonds. The third-order valence-corrected chi connectivity index (χ3v) is 0.771. The van der Waals surface area contributed by atoms with Gasteiger partial charge in [0.05, 0.1) is 55.9 Å². The van der Waals surface area contributed by atoms with E-state index in [1.807, 2.05) is 0 Å². The molecule has 0 aliphatic rings. The van der Waals surface area contributed by atoms with Crippen molar-refractivity contribution in [1.29, 1.82) is 0 Å². The molecule has 0 rings (SSSR count). The Bertz CT molecular complexity index is 104. The Hall–Kier alpha value is 0.100. The second-order valence-corrected chi connectivity index (χ2v) is 5.42. The van der Waals surface area contributed by atoms with E-state index in [0.29, 0.717) is 0 Å². The van der Waals surface area contributed by atoms with Gasteiger partial charge in [0.2, 0.25) is 0 Å². The van der Waals surface area contributed by atoms with Gasteiger partial charge in [-0.3, -0.25) is 0 Å². The van der Waals surface area contributed by atoms with Gasteiger partial charge in [0, 0.05) is 0 Å². The molecule has 5 heteroatoms. The van der Waals surface area contributed by atoms with Crippen LogP contribution in [0.25, 0.3) is 0 Å². The van der Waals surface area contributed by atoms with Gasteiger partial charge in [0.25, 0.3) is 0 Å². The molecule has 0 fully saturated rings. The first kappa shape index (κ1) is 23.7. The van der Waals surface area contributed by atoms with Crippen LogP contribution in [-0.2, 0) is 0 Å². The number of hydrogen-bond donors (Lipinski definition) is 1. The summed E-state index contributed by atoms with van der Waals surface area (Å²) in [7, 11) is 14.7. The van der Waals surface area contributed by atoms with Crippen molar-refractivity contribution in [3.8, 4) is 0 Å². The molecule has 0 radical (unpaired) electrons. The number of aliphatic hydroxyl groups excluding tert-OH is 1. The number of nitrogens with zero attached hydrogens (tertiary/aromatic N) is 2. The minimum Gasteiger partial charge on any atom is -1.00 e. The molecular formula is C9H26ClFN2O. The Labute approximate surface area is 94.3 Å². The molecule has 0 aromatic heterocycles. The van der Waals surface area contributed by atoms with Crippen LogP contribution in [0.5, 0.6) is 0 Å². The lowest BCUT2D eigenvalue weighted by Gasteiger charge is -2.21. The van der Waals surface area contributed by atoms with E-state index >= 15 is 0 Å². The van der Waals surface area contributed by atoms with Crippen molar-refractivity contribution in [2.45, 2.75) is 0 Å². The molecule has 0 spiro atoms. The second-order valence-electron chi connectivity index (χ2n) is 5.42. The third-order valence-electron chi connectivity index (χ3n) is 0.771. The van der Waals surface area contributed by atoms with E-state index in [1.54, 1.807) is 0 Å². The van der Waals surface area contributed by atoms with Gasteiger partial charge in [-0.15, -0.1) is 0 Å². The van der Waals surface area contributed by atoms with Gasteiger partial charge in [0.15, 0.2) is 0 Å². The number of aliphatic hydroxyl groups is 1. The summed E-state index contributed by atoms with van der Waals surface area (Å²) in [5, 5.41) is 8.39. The molecule has 0 saturated carbocycles. The first-order chi connectivity index (χ1) is 5.06. The Balaban J connectivity index is -0.0000000651. The predicted molar refractivity (Wildman–Crippen MR) is 53.9 cm³/mol. The number of halogens is 2. The zero-order valence-electron chi connectivity index (χ0n) is 10.5. The Morgan fingerprint density at radius 2 is 1.07 bits per heavy atom. The van der Waals surface area contributed by atoms with Gasteiger partial charge in [-0.25, -0.2) is 0 Å². The molecule has 14 heavy (non-hydrogen) atoms. The SMILES string of the molecule is C[N+](C)(C)C.C[N+](C)(C)CCO.[Cl-].[F-]. The summed E-state index contributed by atoms with van der Waals surface area (Å²) >= 11 is 0. The van der Waals surface area contributed by atoms with Crippen molar-refractivity contribution in [2.24, 2.45) is 0 Å². The standard InChI is InChI=1S/C5H14NO.C4H12N.ClH.FH/c1-6(2,3)4-5-7;1-5(2,3)4;;/h7H,4-5H2,1-3H3;1-4H3;2*1H/q2*+1;;/p-2. The predicted octanol–water partition coefficient (Wildman–Crippen LogP) is -5.98. The molecule has 0 atom stereocenters. The van der Waals surface area contributed by atoms with Gasteiger partial charge in [0.1, 0.15) is 6.54 Å². The van der Waals surface area contributed by atoms with E-state index in [4.69, 9.17) is 5.11 Å². The monoisotopic (exact) mass is 232 g/mol. The minimum absolute atomic E-state index is 0. The van der Waals surface area contributed by atoms with Crippen LogP contribution in [0.15, 0.2) is 0 Å². The average molecular weight is 233 g/mol. The van der Waals surface area contributed by atoms with Crippen LogP contribution < -0.4 is 17.1 Å². The minimum atomic E-state index is 0. The quantitative estimate of drug-likeness (QED) is 0.471. The molecule has 0 saturated heterocycles. The van der Waals surface area contributed by atoms with E-state index in [0.717, 1.165) is 15.5 Å². The van der Waals surface area contributed by atoms with Gasteiger partial charge >= 0.3 is 0 Å². The van der Waals surface area contributed by atoms with E-state index in [9.17, 15) is 0 Å². The normalized spacial score (nSPS) is 10.3. The van der Waals surface area contributed by atoms with Crippen molar-refractivity contribution < 1.29 is 31.2 Å². The molecule has 0 heterocycles. The van der Waals surface area contributed by atoms with Crippen molar-refractivity contribution in [2.75, 3.05) is 62.5 Å². The van der Waals surface area contributed by atoms with Crippen LogP contribution in [0.3, 0.4) is 0 Å². The van der Waals surface area contributed by atoms with Crippen LogP contribution in [0.2, 0.25) is 0 Å². The third kappa shape index (κ3) is 88.7. The van der Waals surface area contributed by atoms with Crippen LogP contribution in [0.4, 0.5) is 0 Å². The zero-order chi connectivity index (χ0) is 10.4. The number of quaternary nitrogens is 2. The highest BCUT2D eigenvalue weighted by atomic mass is 35.5. The topological polar surface area (TPSA) is 20.2 Å². The van der Waals surface area contributed by atoms with E-state index < -0.39 is 0 Å². The Morgan fingerprint density at radius 1 is 0.857 bits per heavy atom. The molecule has 92 valence electrons. The van der Waals surface area contributed by atoms with Gasteiger partial charge < -0.3 is 31.2 Å². The van der Waals surface area contributed by atoms with Crippen LogP contribution in [0.1, 0.15) is 0 Å². The lowest BCUT2D eigenvalue weighted by molar-refractivity contribution is -0.870. The molecule has 0 aromatic carbocycles. The number of hydrogen-bond acceptors (Lipinski definition) is 1. The maximum atomic E-state index is 8.39. The molecule has 1 N–H and O–H groups in total. The smallest absolute Gasteiger partial charge is 0.101 e. The molecule has 0 aliphatic carbocycles. The van der Waals surface area contributed by atoms with Gasteiger partial charge in [-0.1, -0.05) is 0 Å². The van der Waals surface area contributed by atoms with Crippen molar-refractivity contribution in [1.82, 2.24) is 0 Å². The number of likely N-dealkylation sites (N-methyl/N-ethyl adjacent to an activating group) is 1. The van der Waals surface area contributed by atoms with Gasteiger partial charge in [-0.05, 0) is 0 Å². The lowest BCUT2D eigenvalue weighted by Crippen LogP contribution is -3.00. The van der Waals surface area contributed by atoms with Crippen molar-refractivity contribution in [3.05, 3.63) is 0 Å². The molecule has 3 nitrogen and oxygen atoms in total. The fourth-order valence-electron chi connectivity index (χ4n) is 0.300. The summed E-state index contributed by atoms with van der Waals surface area (Å²) in [6.07, 6.45) is 0. The van der Waals surface area contributed by atoms with E-state index in [2.05, 4.69) is 49.3 Å². The summed E-state index contributed by atoms with van der Waals surface area (Å²) in [6.45, 7) is 1.11. The van der Waals surface area contributed by atoms with E-state index in [-0.39, 0.29) is 23.7 Å². The highest BCUT2D eigenvalue weighted by Crippen LogP contribution is 1.84. The van der Waals surface area contributed by atoms with Crippen LogP contribution in [0, 0.1) is 0 Å². The molecule has 0 bridgehead atoms. The largest absolute Gasteiger partial charge is 1.00 e. The fourth-order valence-corrected chi connectivity index (χ4v) is 0.300. The summed E-state index contributed by atoms with van der Waals surface area (Å²) in [5.74, 6) is 0. The molecular weight excluding hydrogens is 207 g/mol. The fraction of sp³-hybridized carbons (Fsp3) is 1.00. The van der Waals surface area contributed by atoms with Crippen LogP contribution in [-0.4, -0.2) is 76.6 Å². The highest BCUT2D eigenvalue weighted by Gasteiger charge is 2.02. The summed E-state index contributed by atoms with van der Waals surface area (Å²) < 4.78 is 1.84. The maximum Gasteiger partial charge on any atom is 0.101 e. The Morgan fingerprint density at radius 3 is 1.07 bits per heavy atom. The van der Waals surface area contributed by atoms with E-state index in [1.165, 1.54) is 0 Å². The van der Waals surface area contributed by atoms with Crippen LogP contribution >= 0.6 is 0 Å².